The van der Waals surface area contributed by atoms with Crippen LogP contribution in [-0.4, -0.2) is 11.7 Å². The van der Waals surface area contributed by atoms with Crippen molar-refractivity contribution in [3.8, 4) is 11.1 Å². The van der Waals surface area contributed by atoms with Crippen LogP contribution in [0.3, 0.4) is 0 Å². The minimum atomic E-state index is -1.02. The third-order valence-corrected chi connectivity index (χ3v) is 2.75. The molecule has 3 nitrogen and oxygen atoms in total. The predicted octanol–water partition coefficient (Wildman–Crippen LogP) is 4.98. The van der Waals surface area contributed by atoms with Gasteiger partial charge in [0.2, 0.25) is 0 Å². The topological polar surface area (TPSA) is 29.5 Å². The number of carbonyl (C=O) groups is 1. The van der Waals surface area contributed by atoms with E-state index >= 15 is 0 Å². The first-order chi connectivity index (χ1) is 9.87. The predicted molar refractivity (Wildman–Crippen MR) is 81.7 cm³/mol. The van der Waals surface area contributed by atoms with Crippen LogP contribution in [0.25, 0.3) is 11.1 Å². The van der Waals surface area contributed by atoms with E-state index in [1.165, 1.54) is 0 Å². The maximum absolute atomic E-state index is 14.0. The van der Waals surface area contributed by atoms with E-state index in [1.54, 1.807) is 45.0 Å². The Balaban J connectivity index is 2.14. The molecule has 0 aliphatic heterocycles. The minimum absolute atomic E-state index is 0.0139. The monoisotopic (exact) mass is 287 g/mol. The van der Waals surface area contributed by atoms with Gasteiger partial charge in [-0.1, -0.05) is 46.9 Å². The van der Waals surface area contributed by atoms with Crippen molar-refractivity contribution in [3.05, 3.63) is 54.6 Å². The highest BCUT2D eigenvalue weighted by Gasteiger charge is 2.23. The molecule has 0 bridgehead atoms. The van der Waals surface area contributed by atoms with Gasteiger partial charge in [-0.15, -0.1) is 5.12 Å². The Bertz CT molecular complexity index is 603. The van der Waals surface area contributed by atoms with Gasteiger partial charge in [-0.3, -0.25) is 0 Å². The number of amides is 1. The molecule has 0 aromatic heterocycles. The zero-order valence-corrected chi connectivity index (χ0v) is 12.3. The lowest BCUT2D eigenvalue weighted by Crippen LogP contribution is -2.31. The minimum Gasteiger partial charge on any atom is -0.442 e. The summed E-state index contributed by atoms with van der Waals surface area (Å²) in [6, 6.07) is 16.4. The van der Waals surface area contributed by atoms with Crippen LogP contribution in [0.5, 0.6) is 0 Å². The van der Waals surface area contributed by atoms with Crippen LogP contribution in [0.2, 0.25) is 0 Å². The van der Waals surface area contributed by atoms with E-state index in [0.717, 1.165) is 11.1 Å². The summed E-state index contributed by atoms with van der Waals surface area (Å²) in [4.78, 5) is 11.6. The van der Waals surface area contributed by atoms with E-state index in [1.807, 2.05) is 30.3 Å². The van der Waals surface area contributed by atoms with Crippen molar-refractivity contribution in [2.45, 2.75) is 26.4 Å². The molecule has 0 aliphatic carbocycles. The van der Waals surface area contributed by atoms with Gasteiger partial charge in [0, 0.05) is 0 Å². The number of ether oxygens (including phenoxy) is 1. The first kappa shape index (κ1) is 15.0. The summed E-state index contributed by atoms with van der Waals surface area (Å²) >= 11 is 0. The molecule has 0 fully saturated rings. The molecule has 21 heavy (non-hydrogen) atoms. The summed E-state index contributed by atoms with van der Waals surface area (Å²) in [5.41, 5.74) is 1.40. The van der Waals surface area contributed by atoms with Crippen molar-refractivity contribution in [1.29, 1.82) is 0 Å². The molecule has 0 saturated carbocycles. The fraction of sp³-hybridized carbons (Fsp3) is 0.235. The summed E-state index contributed by atoms with van der Waals surface area (Å²) in [7, 11) is 0. The highest BCUT2D eigenvalue weighted by atomic mass is 19.2. The third kappa shape index (κ3) is 4.05. The van der Waals surface area contributed by atoms with Gasteiger partial charge >= 0.3 is 6.09 Å². The SMILES string of the molecule is CC(C)(C)OC(=O)N(F)c1ccc(-c2ccccc2)cc1. The van der Waals surface area contributed by atoms with Gasteiger partial charge in [0.05, 0.1) is 5.69 Å². The standard InChI is InChI=1S/C17H18FNO2/c1-17(2,3)21-16(20)19(18)15-11-9-14(10-12-15)13-7-5-4-6-8-13/h4-12H,1-3H3. The van der Waals surface area contributed by atoms with Crippen LogP contribution in [0.4, 0.5) is 15.0 Å². The number of rotatable bonds is 2. The van der Waals surface area contributed by atoms with Crippen molar-refractivity contribution < 1.29 is 14.0 Å². The molecule has 2 rings (SSSR count). The lowest BCUT2D eigenvalue weighted by Gasteiger charge is -2.22. The molecule has 0 heterocycles. The molecule has 0 radical (unpaired) electrons. The highest BCUT2D eigenvalue weighted by molar-refractivity contribution is 5.85. The van der Waals surface area contributed by atoms with E-state index < -0.39 is 11.7 Å². The van der Waals surface area contributed by atoms with Gasteiger partial charge in [-0.2, -0.15) is 0 Å². The molecule has 4 heteroatoms. The first-order valence-electron chi connectivity index (χ1n) is 6.71. The Morgan fingerprint density at radius 3 is 2.00 bits per heavy atom. The lowest BCUT2D eigenvalue weighted by molar-refractivity contribution is 0.0501. The highest BCUT2D eigenvalue weighted by Crippen LogP contribution is 2.24. The Morgan fingerprint density at radius 1 is 0.952 bits per heavy atom. The molecule has 0 unspecified atom stereocenters. The average Bonchev–Trinajstić information content (AvgIpc) is 2.46. The molecule has 110 valence electrons. The first-order valence-corrected chi connectivity index (χ1v) is 6.71. The fourth-order valence-electron chi connectivity index (χ4n) is 1.82. The number of benzene rings is 2. The second-order valence-corrected chi connectivity index (χ2v) is 5.67. The number of halogens is 1. The molecular formula is C17H18FNO2. The number of hydrogen-bond acceptors (Lipinski definition) is 2. The van der Waals surface area contributed by atoms with E-state index in [0.29, 0.717) is 0 Å². The quantitative estimate of drug-likeness (QED) is 0.729. The normalized spacial score (nSPS) is 11.0. The summed E-state index contributed by atoms with van der Waals surface area (Å²) in [6.07, 6.45) is -1.02. The molecule has 0 N–H and O–H groups in total. The Morgan fingerprint density at radius 2 is 1.48 bits per heavy atom. The van der Waals surface area contributed by atoms with Gasteiger partial charge in [0.25, 0.3) is 0 Å². The Hall–Kier alpha value is -2.36. The molecule has 1 amide bonds. The summed E-state index contributed by atoms with van der Waals surface area (Å²) in [5.74, 6) is 0. The van der Waals surface area contributed by atoms with Gasteiger partial charge in [-0.05, 0) is 44.0 Å². The van der Waals surface area contributed by atoms with Crippen molar-refractivity contribution >= 4 is 11.8 Å². The zero-order valence-electron chi connectivity index (χ0n) is 12.3. The summed E-state index contributed by atoms with van der Waals surface area (Å²) in [5, 5.41) is 0.0139. The largest absolute Gasteiger partial charge is 0.443 e. The lowest BCUT2D eigenvalue weighted by atomic mass is 10.1. The van der Waals surface area contributed by atoms with Crippen molar-refractivity contribution in [2.75, 3.05) is 5.12 Å². The number of nitrogens with zero attached hydrogens (tertiary/aromatic N) is 1. The van der Waals surface area contributed by atoms with Gasteiger partial charge < -0.3 is 4.74 Å². The van der Waals surface area contributed by atoms with Crippen molar-refractivity contribution in [3.63, 3.8) is 0 Å². The molecule has 0 spiro atoms. The summed E-state index contributed by atoms with van der Waals surface area (Å²) in [6.45, 7) is 5.08. The van der Waals surface area contributed by atoms with Crippen LogP contribution in [-0.2, 0) is 4.74 Å². The number of anilines is 1. The maximum atomic E-state index is 14.0. The van der Waals surface area contributed by atoms with E-state index in [2.05, 4.69) is 0 Å². The van der Waals surface area contributed by atoms with Crippen LogP contribution >= 0.6 is 0 Å². The second-order valence-electron chi connectivity index (χ2n) is 5.67. The fourth-order valence-corrected chi connectivity index (χ4v) is 1.82. The third-order valence-electron chi connectivity index (χ3n) is 2.75. The molecule has 2 aromatic carbocycles. The Kier molecular flexibility index (Phi) is 4.26. The maximum Gasteiger partial charge on any atom is 0.443 e. The van der Waals surface area contributed by atoms with Gasteiger partial charge in [0.1, 0.15) is 5.60 Å². The average molecular weight is 287 g/mol. The smallest absolute Gasteiger partial charge is 0.442 e. The molecular weight excluding hydrogens is 269 g/mol. The van der Waals surface area contributed by atoms with Gasteiger partial charge in [-0.25, -0.2) is 4.79 Å². The molecule has 0 saturated heterocycles. The molecule has 2 aromatic rings. The van der Waals surface area contributed by atoms with Crippen LogP contribution in [0, 0.1) is 0 Å². The van der Waals surface area contributed by atoms with Gasteiger partial charge in [0.15, 0.2) is 0 Å². The molecule has 0 atom stereocenters. The van der Waals surface area contributed by atoms with Crippen LogP contribution in [0.15, 0.2) is 54.6 Å². The summed E-state index contributed by atoms with van der Waals surface area (Å²) < 4.78 is 18.9. The van der Waals surface area contributed by atoms with Crippen LogP contribution in [0.1, 0.15) is 20.8 Å². The van der Waals surface area contributed by atoms with E-state index in [4.69, 9.17) is 4.74 Å². The zero-order chi connectivity index (χ0) is 15.5. The van der Waals surface area contributed by atoms with Crippen LogP contribution < -0.4 is 5.12 Å². The number of carbonyl (C=O) groups excluding carboxylic acids is 1. The van der Waals surface area contributed by atoms with E-state index in [-0.39, 0.29) is 10.8 Å². The van der Waals surface area contributed by atoms with Crippen molar-refractivity contribution in [2.24, 2.45) is 0 Å². The molecule has 0 aliphatic rings. The number of hydrogen-bond donors (Lipinski definition) is 0. The van der Waals surface area contributed by atoms with E-state index in [9.17, 15) is 9.28 Å². The van der Waals surface area contributed by atoms with Crippen molar-refractivity contribution in [1.82, 2.24) is 0 Å². The second kappa shape index (κ2) is 5.95. The Labute approximate surface area is 123 Å².